The molecule has 1 unspecified atom stereocenters. The predicted octanol–water partition coefficient (Wildman–Crippen LogP) is 1.00. The van der Waals surface area contributed by atoms with Gasteiger partial charge in [-0.1, -0.05) is 6.08 Å². The van der Waals surface area contributed by atoms with Crippen molar-refractivity contribution in [2.24, 2.45) is 0 Å². The lowest BCUT2D eigenvalue weighted by atomic mass is 10.1. The Kier molecular flexibility index (Phi) is 2.22. The molecule has 2 aliphatic rings. The molecule has 2 aliphatic heterocycles. The molecule has 4 heteroatoms. The van der Waals surface area contributed by atoms with Crippen LogP contribution < -0.4 is 0 Å². The maximum atomic E-state index is 11.6. The first-order chi connectivity index (χ1) is 6.33. The van der Waals surface area contributed by atoms with E-state index in [1.165, 1.54) is 5.06 Å². The van der Waals surface area contributed by atoms with Crippen molar-refractivity contribution in [3.8, 4) is 0 Å². The molecular formula is C9H14N2O2. The third-order valence-electron chi connectivity index (χ3n) is 2.52. The number of piperidine rings is 1. The number of carbonyl (C=O) groups is 1. The van der Waals surface area contributed by atoms with Gasteiger partial charge in [0.15, 0.2) is 0 Å². The third-order valence-corrected chi connectivity index (χ3v) is 2.52. The molecule has 0 spiro atoms. The molecule has 2 fully saturated rings. The van der Waals surface area contributed by atoms with E-state index in [4.69, 9.17) is 4.84 Å². The first-order valence-corrected chi connectivity index (χ1v) is 4.65. The van der Waals surface area contributed by atoms with Crippen molar-refractivity contribution in [2.75, 3.05) is 19.7 Å². The molecule has 4 nitrogen and oxygen atoms in total. The van der Waals surface area contributed by atoms with Crippen molar-refractivity contribution < 1.29 is 9.63 Å². The topological polar surface area (TPSA) is 32.8 Å². The minimum absolute atomic E-state index is 0.0179. The van der Waals surface area contributed by atoms with Gasteiger partial charge in [0, 0.05) is 13.1 Å². The van der Waals surface area contributed by atoms with E-state index in [0.717, 1.165) is 25.9 Å². The monoisotopic (exact) mass is 182 g/mol. The normalized spacial score (nSPS) is 26.8. The van der Waals surface area contributed by atoms with Crippen molar-refractivity contribution in [3.05, 3.63) is 12.7 Å². The number of amides is 2. The summed E-state index contributed by atoms with van der Waals surface area (Å²) in [6, 6.07) is 0.283. The van der Waals surface area contributed by atoms with Crippen LogP contribution in [0, 0.1) is 0 Å². The number of rotatable bonds is 3. The van der Waals surface area contributed by atoms with Crippen LogP contribution in [0.15, 0.2) is 12.7 Å². The van der Waals surface area contributed by atoms with Gasteiger partial charge in [-0.2, -0.15) is 5.06 Å². The molecule has 2 bridgehead atoms. The number of hydroxylamine groups is 2. The molecule has 13 heavy (non-hydrogen) atoms. The summed E-state index contributed by atoms with van der Waals surface area (Å²) in [5.41, 5.74) is 0. The smallest absolute Gasteiger partial charge is 0.321 e. The maximum absolute atomic E-state index is 11.6. The van der Waals surface area contributed by atoms with Gasteiger partial charge >= 0.3 is 6.03 Å². The molecule has 2 heterocycles. The summed E-state index contributed by atoms with van der Waals surface area (Å²) >= 11 is 0. The number of hydrogen-bond acceptors (Lipinski definition) is 2. The Bertz CT molecular complexity index is 230. The van der Waals surface area contributed by atoms with Crippen LogP contribution in [0.5, 0.6) is 0 Å². The van der Waals surface area contributed by atoms with Crippen LogP contribution in [0.3, 0.4) is 0 Å². The van der Waals surface area contributed by atoms with Crippen molar-refractivity contribution in [3.63, 3.8) is 0 Å². The summed E-state index contributed by atoms with van der Waals surface area (Å²) in [5.74, 6) is 0. The van der Waals surface area contributed by atoms with Crippen LogP contribution in [0.1, 0.15) is 12.8 Å². The minimum Gasteiger partial charge on any atom is -0.321 e. The average Bonchev–Trinajstić information content (AvgIpc) is 2.37. The summed E-state index contributed by atoms with van der Waals surface area (Å²) in [6.07, 6.45) is 3.80. The van der Waals surface area contributed by atoms with Crippen molar-refractivity contribution in [1.82, 2.24) is 9.96 Å². The Balaban J connectivity index is 2.01. The lowest BCUT2D eigenvalue weighted by Crippen LogP contribution is -2.33. The minimum atomic E-state index is 0.0179. The molecule has 1 atom stereocenters. The van der Waals surface area contributed by atoms with Crippen molar-refractivity contribution in [2.45, 2.75) is 18.9 Å². The molecular weight excluding hydrogens is 168 g/mol. The van der Waals surface area contributed by atoms with Crippen molar-refractivity contribution >= 4 is 6.03 Å². The highest BCUT2D eigenvalue weighted by Gasteiger charge is 2.40. The zero-order valence-corrected chi connectivity index (χ0v) is 7.61. The molecule has 72 valence electrons. The van der Waals surface area contributed by atoms with Gasteiger partial charge in [0.05, 0.1) is 12.6 Å². The first-order valence-electron chi connectivity index (χ1n) is 4.65. The highest BCUT2D eigenvalue weighted by molar-refractivity contribution is 5.76. The number of fused-ring (bicyclic) bond motifs is 2. The van der Waals surface area contributed by atoms with Crippen LogP contribution in [0.2, 0.25) is 0 Å². The Morgan fingerprint density at radius 3 is 3.23 bits per heavy atom. The molecule has 0 aromatic rings. The van der Waals surface area contributed by atoms with E-state index in [1.807, 2.05) is 4.90 Å². The number of nitrogens with zero attached hydrogens (tertiary/aromatic N) is 2. The van der Waals surface area contributed by atoms with E-state index in [0.29, 0.717) is 6.61 Å². The summed E-state index contributed by atoms with van der Waals surface area (Å²) in [6.45, 7) is 5.68. The second-order valence-corrected chi connectivity index (χ2v) is 3.43. The first kappa shape index (κ1) is 8.56. The Morgan fingerprint density at radius 1 is 1.69 bits per heavy atom. The summed E-state index contributed by atoms with van der Waals surface area (Å²) < 4.78 is 0. The zero-order valence-electron chi connectivity index (χ0n) is 7.61. The van der Waals surface area contributed by atoms with Gasteiger partial charge in [-0.3, -0.25) is 4.84 Å². The fourth-order valence-electron chi connectivity index (χ4n) is 1.91. The molecule has 2 amide bonds. The van der Waals surface area contributed by atoms with Crippen molar-refractivity contribution in [1.29, 1.82) is 0 Å². The summed E-state index contributed by atoms with van der Waals surface area (Å²) in [7, 11) is 0. The third kappa shape index (κ3) is 1.42. The second-order valence-electron chi connectivity index (χ2n) is 3.43. The van der Waals surface area contributed by atoms with Gasteiger partial charge in [0.25, 0.3) is 0 Å². The molecule has 0 radical (unpaired) electrons. The summed E-state index contributed by atoms with van der Waals surface area (Å²) in [4.78, 5) is 18.7. The maximum Gasteiger partial charge on any atom is 0.344 e. The van der Waals surface area contributed by atoms with Gasteiger partial charge < -0.3 is 4.90 Å². The molecule has 2 saturated heterocycles. The van der Waals surface area contributed by atoms with Gasteiger partial charge in [-0.05, 0) is 12.8 Å². The highest BCUT2D eigenvalue weighted by atomic mass is 16.7. The molecule has 0 aromatic heterocycles. The largest absolute Gasteiger partial charge is 0.344 e. The Hall–Kier alpha value is -1.03. The molecule has 0 aromatic carbocycles. The van der Waals surface area contributed by atoms with Crippen LogP contribution in [-0.2, 0) is 4.84 Å². The van der Waals surface area contributed by atoms with Gasteiger partial charge in [-0.25, -0.2) is 4.79 Å². The number of carbonyl (C=O) groups excluding carboxylic acids is 1. The van der Waals surface area contributed by atoms with Gasteiger partial charge in [0.2, 0.25) is 0 Å². The SMILES string of the molecule is C=CCON1C(=O)N2CCCC1C2. The van der Waals surface area contributed by atoms with Crippen LogP contribution in [0.25, 0.3) is 0 Å². The predicted molar refractivity (Wildman–Crippen MR) is 48.0 cm³/mol. The lowest BCUT2D eigenvalue weighted by molar-refractivity contribution is -0.118. The quantitative estimate of drug-likeness (QED) is 0.610. The van der Waals surface area contributed by atoms with Gasteiger partial charge in [0.1, 0.15) is 0 Å². The zero-order chi connectivity index (χ0) is 9.26. The van der Waals surface area contributed by atoms with E-state index >= 15 is 0 Å². The average molecular weight is 182 g/mol. The van der Waals surface area contributed by atoms with E-state index in [9.17, 15) is 4.79 Å². The van der Waals surface area contributed by atoms with Crippen LogP contribution in [-0.4, -0.2) is 41.7 Å². The van der Waals surface area contributed by atoms with E-state index < -0.39 is 0 Å². The molecule has 0 N–H and O–H groups in total. The number of urea groups is 1. The Morgan fingerprint density at radius 2 is 2.54 bits per heavy atom. The Labute approximate surface area is 77.7 Å². The highest BCUT2D eigenvalue weighted by Crippen LogP contribution is 2.25. The number of hydrogen-bond donors (Lipinski definition) is 0. The molecule has 2 rings (SSSR count). The van der Waals surface area contributed by atoms with Crippen LogP contribution >= 0.6 is 0 Å². The fraction of sp³-hybridized carbons (Fsp3) is 0.667. The van der Waals surface area contributed by atoms with E-state index in [2.05, 4.69) is 6.58 Å². The lowest BCUT2D eigenvalue weighted by Gasteiger charge is -2.21. The van der Waals surface area contributed by atoms with E-state index in [1.54, 1.807) is 6.08 Å². The second kappa shape index (κ2) is 3.38. The fourth-order valence-corrected chi connectivity index (χ4v) is 1.91. The molecule has 0 aliphatic carbocycles. The summed E-state index contributed by atoms with van der Waals surface area (Å²) in [5, 5.41) is 1.51. The standard InChI is InChI=1S/C9H14N2O2/c1-2-6-13-11-8-4-3-5-10(7-8)9(11)12/h2,8H,1,3-7H2. The molecule has 0 saturated carbocycles. The van der Waals surface area contributed by atoms with Gasteiger partial charge in [-0.15, -0.1) is 6.58 Å². The van der Waals surface area contributed by atoms with Crippen LogP contribution in [0.4, 0.5) is 4.79 Å². The van der Waals surface area contributed by atoms with E-state index in [-0.39, 0.29) is 12.1 Å².